The molecule has 1 aliphatic heterocycles. The highest BCUT2D eigenvalue weighted by atomic mass is 16.6. The van der Waals surface area contributed by atoms with Crippen LogP contribution >= 0.6 is 0 Å². The maximum Gasteiger partial charge on any atom is 0.282 e. The summed E-state index contributed by atoms with van der Waals surface area (Å²) in [6.07, 6.45) is 0. The topological polar surface area (TPSA) is 82.0 Å². The molecule has 3 aromatic carbocycles. The second-order valence-corrected chi connectivity index (χ2v) is 8.84. The molecule has 4 rings (SSSR count). The largest absolute Gasteiger partial charge is 0.378 e. The lowest BCUT2D eigenvalue weighted by Crippen LogP contribution is -2.50. The van der Waals surface area contributed by atoms with Gasteiger partial charge in [-0.05, 0) is 35.9 Å². The van der Waals surface area contributed by atoms with Crippen molar-refractivity contribution in [2.45, 2.75) is 6.04 Å². The predicted molar refractivity (Wildman–Crippen MR) is 139 cm³/mol. The van der Waals surface area contributed by atoms with Crippen LogP contribution in [-0.2, 0) is 0 Å². The van der Waals surface area contributed by atoms with Gasteiger partial charge in [-0.3, -0.25) is 19.8 Å². The number of anilines is 2. The van der Waals surface area contributed by atoms with E-state index in [-0.39, 0.29) is 17.3 Å². The molecule has 0 spiro atoms. The first-order valence-corrected chi connectivity index (χ1v) is 11.8. The number of piperazine rings is 1. The van der Waals surface area contributed by atoms with E-state index >= 15 is 0 Å². The monoisotopic (exact) mass is 473 g/mol. The number of carbonyl (C=O) groups excluding carboxylic acids is 1. The third kappa shape index (κ3) is 5.78. The van der Waals surface area contributed by atoms with Crippen LogP contribution in [0.5, 0.6) is 0 Å². The average Bonchev–Trinajstić information content (AvgIpc) is 2.90. The average molecular weight is 474 g/mol. The van der Waals surface area contributed by atoms with Crippen molar-refractivity contribution in [1.82, 2.24) is 10.2 Å². The number of nitro groups is 1. The van der Waals surface area contributed by atoms with Gasteiger partial charge in [0.2, 0.25) is 0 Å². The lowest BCUT2D eigenvalue weighted by Gasteiger charge is -2.40. The zero-order valence-corrected chi connectivity index (χ0v) is 20.1. The van der Waals surface area contributed by atoms with Gasteiger partial charge in [0.05, 0.1) is 11.0 Å². The fourth-order valence-corrected chi connectivity index (χ4v) is 4.49. The van der Waals surface area contributed by atoms with Gasteiger partial charge in [-0.1, -0.05) is 42.5 Å². The second kappa shape index (κ2) is 11.0. The van der Waals surface area contributed by atoms with E-state index in [1.54, 1.807) is 12.1 Å². The van der Waals surface area contributed by atoms with E-state index in [4.69, 9.17) is 0 Å². The predicted octanol–water partition coefficient (Wildman–Crippen LogP) is 3.95. The number of amides is 1. The number of benzene rings is 3. The molecule has 1 saturated heterocycles. The molecular weight excluding hydrogens is 442 g/mol. The lowest BCUT2D eigenvalue weighted by molar-refractivity contribution is -0.385. The molecule has 35 heavy (non-hydrogen) atoms. The van der Waals surface area contributed by atoms with E-state index in [0.717, 1.165) is 37.4 Å². The highest BCUT2D eigenvalue weighted by Gasteiger charge is 2.27. The highest BCUT2D eigenvalue weighted by molar-refractivity contribution is 5.98. The molecule has 1 N–H and O–H groups in total. The van der Waals surface area contributed by atoms with Crippen molar-refractivity contribution in [2.24, 2.45) is 0 Å². The lowest BCUT2D eigenvalue weighted by atomic mass is 10.0. The van der Waals surface area contributed by atoms with Crippen LogP contribution in [0.15, 0.2) is 78.9 Å². The molecular formula is C27H31N5O3. The first kappa shape index (κ1) is 24.2. The van der Waals surface area contributed by atoms with Crippen LogP contribution < -0.4 is 15.1 Å². The molecule has 1 fully saturated rings. The van der Waals surface area contributed by atoms with Crippen LogP contribution in [0.3, 0.4) is 0 Å². The van der Waals surface area contributed by atoms with Gasteiger partial charge in [0.25, 0.3) is 11.6 Å². The number of hydrogen-bond donors (Lipinski definition) is 1. The van der Waals surface area contributed by atoms with Crippen LogP contribution in [-0.4, -0.2) is 62.5 Å². The first-order chi connectivity index (χ1) is 16.9. The van der Waals surface area contributed by atoms with Gasteiger partial charge >= 0.3 is 0 Å². The van der Waals surface area contributed by atoms with Crippen LogP contribution in [0, 0.1) is 10.1 Å². The number of carbonyl (C=O) groups is 1. The molecule has 1 aliphatic rings. The Balaban J connectivity index is 1.51. The molecule has 8 nitrogen and oxygen atoms in total. The summed E-state index contributed by atoms with van der Waals surface area (Å²) in [6.45, 7) is 3.81. The molecule has 0 radical (unpaired) electrons. The number of rotatable bonds is 8. The molecule has 1 amide bonds. The summed E-state index contributed by atoms with van der Waals surface area (Å²) in [5.41, 5.74) is 3.31. The Morgan fingerprint density at radius 2 is 1.57 bits per heavy atom. The Hall–Kier alpha value is -3.91. The van der Waals surface area contributed by atoms with Crippen molar-refractivity contribution in [3.63, 3.8) is 0 Å². The van der Waals surface area contributed by atoms with Gasteiger partial charge in [-0.15, -0.1) is 0 Å². The summed E-state index contributed by atoms with van der Waals surface area (Å²) in [7, 11) is 4.00. The summed E-state index contributed by atoms with van der Waals surface area (Å²) in [5, 5.41) is 14.3. The van der Waals surface area contributed by atoms with Crippen molar-refractivity contribution < 1.29 is 9.72 Å². The van der Waals surface area contributed by atoms with Crippen molar-refractivity contribution in [3.05, 3.63) is 100 Å². The minimum absolute atomic E-state index is 0.0455. The van der Waals surface area contributed by atoms with E-state index in [2.05, 4.69) is 63.6 Å². The van der Waals surface area contributed by atoms with Crippen molar-refractivity contribution in [2.75, 3.05) is 56.6 Å². The highest BCUT2D eigenvalue weighted by Crippen LogP contribution is 2.26. The molecule has 0 bridgehead atoms. The minimum Gasteiger partial charge on any atom is -0.378 e. The van der Waals surface area contributed by atoms with E-state index in [9.17, 15) is 14.9 Å². The molecule has 1 atom stereocenters. The Kier molecular flexibility index (Phi) is 7.62. The molecule has 0 aliphatic carbocycles. The van der Waals surface area contributed by atoms with Gasteiger partial charge in [-0.2, -0.15) is 0 Å². The van der Waals surface area contributed by atoms with E-state index in [1.807, 2.05) is 25.1 Å². The van der Waals surface area contributed by atoms with Gasteiger partial charge in [0.15, 0.2) is 0 Å². The number of para-hydroxylation sites is 2. The SMILES string of the molecule is CN(C)c1ccc(C(CNC(=O)c2ccccc2[N+](=O)[O-])N2CCN(c3ccccc3)CC2)cc1. The normalized spacial score (nSPS) is 14.9. The molecule has 3 aromatic rings. The zero-order valence-electron chi connectivity index (χ0n) is 20.1. The smallest absolute Gasteiger partial charge is 0.282 e. The van der Waals surface area contributed by atoms with E-state index in [0.29, 0.717) is 6.54 Å². The van der Waals surface area contributed by atoms with Crippen molar-refractivity contribution in [3.8, 4) is 0 Å². The molecule has 8 heteroatoms. The minimum atomic E-state index is -0.519. The summed E-state index contributed by atoms with van der Waals surface area (Å²) in [4.78, 5) is 30.6. The third-order valence-electron chi connectivity index (χ3n) is 6.47. The van der Waals surface area contributed by atoms with Crippen LogP contribution in [0.25, 0.3) is 0 Å². The fraction of sp³-hybridized carbons (Fsp3) is 0.296. The third-order valence-corrected chi connectivity index (χ3v) is 6.47. The van der Waals surface area contributed by atoms with Gasteiger partial charge < -0.3 is 15.1 Å². The fourth-order valence-electron chi connectivity index (χ4n) is 4.49. The Labute approximate surface area is 205 Å². The van der Waals surface area contributed by atoms with Crippen molar-refractivity contribution >= 4 is 23.0 Å². The Bertz CT molecular complexity index is 1140. The maximum atomic E-state index is 12.9. The van der Waals surface area contributed by atoms with Crippen LogP contribution in [0.1, 0.15) is 22.0 Å². The number of nitrogens with one attached hydrogen (secondary N) is 1. The summed E-state index contributed by atoms with van der Waals surface area (Å²) < 4.78 is 0. The molecule has 0 aromatic heterocycles. The number of nitrogens with zero attached hydrogens (tertiary/aromatic N) is 4. The quantitative estimate of drug-likeness (QED) is 0.394. The van der Waals surface area contributed by atoms with Crippen LogP contribution in [0.4, 0.5) is 17.1 Å². The summed E-state index contributed by atoms with van der Waals surface area (Å²) in [6, 6.07) is 24.7. The van der Waals surface area contributed by atoms with Gasteiger partial charge in [0, 0.05) is 64.3 Å². The Morgan fingerprint density at radius 1 is 0.943 bits per heavy atom. The second-order valence-electron chi connectivity index (χ2n) is 8.84. The summed E-state index contributed by atoms with van der Waals surface area (Å²) >= 11 is 0. The number of hydrogen-bond acceptors (Lipinski definition) is 6. The first-order valence-electron chi connectivity index (χ1n) is 11.8. The Morgan fingerprint density at radius 3 is 2.20 bits per heavy atom. The van der Waals surface area contributed by atoms with Gasteiger partial charge in [-0.25, -0.2) is 0 Å². The van der Waals surface area contributed by atoms with Gasteiger partial charge in [0.1, 0.15) is 5.56 Å². The maximum absolute atomic E-state index is 12.9. The molecule has 1 heterocycles. The van der Waals surface area contributed by atoms with Crippen LogP contribution in [0.2, 0.25) is 0 Å². The summed E-state index contributed by atoms with van der Waals surface area (Å²) in [5.74, 6) is -0.435. The standard InChI is InChI=1S/C27H31N5O3/c1-29(2)22-14-12-21(13-15-22)26(20-28-27(33)24-10-6-7-11-25(24)32(34)35)31-18-16-30(17-19-31)23-8-4-3-5-9-23/h3-15,26H,16-20H2,1-2H3,(H,28,33). The van der Waals surface area contributed by atoms with E-state index < -0.39 is 10.8 Å². The molecule has 1 unspecified atom stereocenters. The molecule has 0 saturated carbocycles. The zero-order chi connectivity index (χ0) is 24.8. The number of nitro benzene ring substituents is 1. The molecule has 182 valence electrons. The van der Waals surface area contributed by atoms with E-state index in [1.165, 1.54) is 17.8 Å². The van der Waals surface area contributed by atoms with Crippen molar-refractivity contribution in [1.29, 1.82) is 0 Å².